The van der Waals surface area contributed by atoms with Gasteiger partial charge in [0.15, 0.2) is 0 Å². The summed E-state index contributed by atoms with van der Waals surface area (Å²) in [5.41, 5.74) is 4.63. The molecular formula is C15H15NO3S. The van der Waals surface area contributed by atoms with Crippen molar-refractivity contribution in [3.8, 4) is 11.1 Å². The molecule has 104 valence electrons. The number of hydrogen-bond donors (Lipinski definition) is 2. The predicted molar refractivity (Wildman–Crippen MR) is 77.1 cm³/mol. The van der Waals surface area contributed by atoms with Crippen molar-refractivity contribution in [3.05, 3.63) is 53.6 Å². The zero-order chi connectivity index (χ0) is 14.2. The predicted octanol–water partition coefficient (Wildman–Crippen LogP) is 2.25. The molecular weight excluding hydrogens is 274 g/mol. The van der Waals surface area contributed by atoms with Gasteiger partial charge in [0.2, 0.25) is 0 Å². The van der Waals surface area contributed by atoms with E-state index in [0.717, 1.165) is 30.6 Å². The third-order valence-corrected chi connectivity index (χ3v) is 4.45. The highest BCUT2D eigenvalue weighted by Gasteiger charge is 2.11. The van der Waals surface area contributed by atoms with Crippen LogP contribution in [0.25, 0.3) is 11.1 Å². The standard InChI is InChI=1S/C15H15NO3S/c17-20(18,19)15-5-3-11(4-6-15)13-2-1-12-7-8-16-10-14(12)9-13/h1-6,9,16H,7-8,10H2,(H,17,18,19). The van der Waals surface area contributed by atoms with E-state index < -0.39 is 10.1 Å². The van der Waals surface area contributed by atoms with E-state index in [4.69, 9.17) is 4.55 Å². The van der Waals surface area contributed by atoms with Gasteiger partial charge in [-0.3, -0.25) is 4.55 Å². The summed E-state index contributed by atoms with van der Waals surface area (Å²) in [6.45, 7) is 1.88. The van der Waals surface area contributed by atoms with Crippen molar-refractivity contribution in [1.82, 2.24) is 5.32 Å². The van der Waals surface area contributed by atoms with E-state index in [1.807, 2.05) is 6.07 Å². The summed E-state index contributed by atoms with van der Waals surface area (Å²) in [4.78, 5) is -0.0825. The third-order valence-electron chi connectivity index (χ3n) is 3.58. The first-order valence-corrected chi connectivity index (χ1v) is 7.88. The van der Waals surface area contributed by atoms with Crippen LogP contribution >= 0.6 is 0 Å². The number of benzene rings is 2. The molecule has 0 amide bonds. The topological polar surface area (TPSA) is 66.4 Å². The van der Waals surface area contributed by atoms with Crippen molar-refractivity contribution in [2.75, 3.05) is 6.54 Å². The van der Waals surface area contributed by atoms with Gasteiger partial charge in [-0.15, -0.1) is 0 Å². The normalized spacial score (nSPS) is 14.8. The Hall–Kier alpha value is -1.69. The van der Waals surface area contributed by atoms with Crippen molar-refractivity contribution < 1.29 is 13.0 Å². The molecule has 1 aliphatic heterocycles. The smallest absolute Gasteiger partial charge is 0.294 e. The van der Waals surface area contributed by atoms with Crippen LogP contribution in [0.15, 0.2) is 47.4 Å². The van der Waals surface area contributed by atoms with Crippen LogP contribution in [0.2, 0.25) is 0 Å². The maximum atomic E-state index is 11.0. The minimum Gasteiger partial charge on any atom is -0.312 e. The highest BCUT2D eigenvalue weighted by Crippen LogP contribution is 2.25. The molecule has 0 aliphatic carbocycles. The van der Waals surface area contributed by atoms with Gasteiger partial charge in [-0.1, -0.05) is 24.3 Å². The molecule has 3 rings (SSSR count). The van der Waals surface area contributed by atoms with E-state index in [2.05, 4.69) is 17.4 Å². The summed E-state index contributed by atoms with van der Waals surface area (Å²) in [5, 5.41) is 3.34. The van der Waals surface area contributed by atoms with Crippen LogP contribution in [0.4, 0.5) is 0 Å². The van der Waals surface area contributed by atoms with Gasteiger partial charge in [0.1, 0.15) is 0 Å². The fourth-order valence-electron chi connectivity index (χ4n) is 2.48. The van der Waals surface area contributed by atoms with Gasteiger partial charge < -0.3 is 5.32 Å². The molecule has 0 saturated carbocycles. The Morgan fingerprint density at radius 2 is 1.65 bits per heavy atom. The quantitative estimate of drug-likeness (QED) is 0.832. The Morgan fingerprint density at radius 1 is 0.950 bits per heavy atom. The minimum absolute atomic E-state index is 0.0825. The first-order valence-electron chi connectivity index (χ1n) is 6.44. The first kappa shape index (κ1) is 13.3. The molecule has 0 aromatic heterocycles. The molecule has 1 heterocycles. The Labute approximate surface area is 118 Å². The van der Waals surface area contributed by atoms with Crippen molar-refractivity contribution in [3.63, 3.8) is 0 Å². The lowest BCUT2D eigenvalue weighted by atomic mass is 9.96. The van der Waals surface area contributed by atoms with Crippen molar-refractivity contribution in [2.45, 2.75) is 17.9 Å². The second kappa shape index (κ2) is 5.01. The lowest BCUT2D eigenvalue weighted by Gasteiger charge is -2.18. The van der Waals surface area contributed by atoms with Gasteiger partial charge in [0.25, 0.3) is 10.1 Å². The molecule has 0 bridgehead atoms. The number of rotatable bonds is 2. The summed E-state index contributed by atoms with van der Waals surface area (Å²) in [6, 6.07) is 12.6. The summed E-state index contributed by atoms with van der Waals surface area (Å²) >= 11 is 0. The lowest BCUT2D eigenvalue weighted by molar-refractivity contribution is 0.483. The van der Waals surface area contributed by atoms with Gasteiger partial charge >= 0.3 is 0 Å². The maximum absolute atomic E-state index is 11.0. The van der Waals surface area contributed by atoms with Crippen LogP contribution < -0.4 is 5.32 Å². The average Bonchev–Trinajstić information content (AvgIpc) is 2.46. The molecule has 0 radical (unpaired) electrons. The van der Waals surface area contributed by atoms with Crippen molar-refractivity contribution in [1.29, 1.82) is 0 Å². The number of nitrogens with one attached hydrogen (secondary N) is 1. The number of fused-ring (bicyclic) bond motifs is 1. The molecule has 0 spiro atoms. The molecule has 5 heteroatoms. The zero-order valence-electron chi connectivity index (χ0n) is 10.8. The van der Waals surface area contributed by atoms with Gasteiger partial charge in [-0.25, -0.2) is 0 Å². The molecule has 0 unspecified atom stereocenters. The highest BCUT2D eigenvalue weighted by molar-refractivity contribution is 7.85. The molecule has 20 heavy (non-hydrogen) atoms. The molecule has 2 aromatic carbocycles. The largest absolute Gasteiger partial charge is 0.312 e. The summed E-state index contributed by atoms with van der Waals surface area (Å²) in [7, 11) is -4.13. The zero-order valence-corrected chi connectivity index (χ0v) is 11.7. The van der Waals surface area contributed by atoms with Gasteiger partial charge in [-0.2, -0.15) is 8.42 Å². The molecule has 2 N–H and O–H groups in total. The minimum atomic E-state index is -4.13. The average molecular weight is 289 g/mol. The van der Waals surface area contributed by atoms with Crippen LogP contribution in [0.1, 0.15) is 11.1 Å². The Balaban J connectivity index is 1.97. The van der Waals surface area contributed by atoms with Gasteiger partial charge in [0.05, 0.1) is 4.90 Å². The van der Waals surface area contributed by atoms with E-state index in [9.17, 15) is 8.42 Å². The maximum Gasteiger partial charge on any atom is 0.294 e. The molecule has 0 atom stereocenters. The van der Waals surface area contributed by atoms with Crippen molar-refractivity contribution >= 4 is 10.1 Å². The second-order valence-electron chi connectivity index (χ2n) is 4.91. The summed E-state index contributed by atoms with van der Waals surface area (Å²) in [6.07, 6.45) is 1.04. The molecule has 4 nitrogen and oxygen atoms in total. The van der Waals surface area contributed by atoms with Crippen molar-refractivity contribution in [2.24, 2.45) is 0 Å². The molecule has 0 fully saturated rings. The molecule has 1 aliphatic rings. The summed E-state index contributed by atoms with van der Waals surface area (Å²) in [5.74, 6) is 0. The van der Waals surface area contributed by atoms with Crippen LogP contribution in [0.5, 0.6) is 0 Å². The first-order chi connectivity index (χ1) is 9.54. The molecule has 2 aromatic rings. The van der Waals surface area contributed by atoms with Crippen LogP contribution in [-0.4, -0.2) is 19.5 Å². The molecule has 0 saturated heterocycles. The van der Waals surface area contributed by atoms with E-state index in [1.54, 1.807) is 12.1 Å². The SMILES string of the molecule is O=S(=O)(O)c1ccc(-c2ccc3c(c2)CNCC3)cc1. The monoisotopic (exact) mass is 289 g/mol. The van der Waals surface area contributed by atoms with E-state index in [1.165, 1.54) is 23.3 Å². The van der Waals surface area contributed by atoms with Crippen LogP contribution in [-0.2, 0) is 23.1 Å². The Kier molecular flexibility index (Phi) is 3.33. The third kappa shape index (κ3) is 2.60. The van der Waals surface area contributed by atoms with Gasteiger partial charge in [-0.05, 0) is 53.4 Å². The second-order valence-corrected chi connectivity index (χ2v) is 6.33. The Bertz CT molecular complexity index is 736. The van der Waals surface area contributed by atoms with E-state index in [0.29, 0.717) is 0 Å². The summed E-state index contributed by atoms with van der Waals surface area (Å²) < 4.78 is 31.0. The lowest BCUT2D eigenvalue weighted by Crippen LogP contribution is -2.23. The number of hydrogen-bond acceptors (Lipinski definition) is 3. The fraction of sp³-hybridized carbons (Fsp3) is 0.200. The Morgan fingerprint density at radius 3 is 2.35 bits per heavy atom. The fourth-order valence-corrected chi connectivity index (χ4v) is 2.96. The van der Waals surface area contributed by atoms with E-state index >= 15 is 0 Å². The highest BCUT2D eigenvalue weighted by atomic mass is 32.2. The van der Waals surface area contributed by atoms with Crippen LogP contribution in [0, 0.1) is 0 Å². The van der Waals surface area contributed by atoms with E-state index in [-0.39, 0.29) is 4.90 Å². The van der Waals surface area contributed by atoms with Gasteiger partial charge in [0, 0.05) is 6.54 Å². The van der Waals surface area contributed by atoms with Crippen LogP contribution in [0.3, 0.4) is 0 Å².